The number of nitrogens with one attached hydrogen (secondary N) is 1. The highest BCUT2D eigenvalue weighted by Gasteiger charge is 2.13. The third-order valence-corrected chi connectivity index (χ3v) is 5.90. The summed E-state index contributed by atoms with van der Waals surface area (Å²) in [6.45, 7) is 4.78. The van der Waals surface area contributed by atoms with Crippen molar-refractivity contribution < 1.29 is 14.7 Å². The molecule has 3 aromatic carbocycles. The second-order valence-electron chi connectivity index (χ2n) is 8.57. The van der Waals surface area contributed by atoms with Crippen molar-refractivity contribution in [1.29, 1.82) is 0 Å². The van der Waals surface area contributed by atoms with Crippen molar-refractivity contribution in [3.8, 4) is 5.69 Å². The van der Waals surface area contributed by atoms with Gasteiger partial charge in [0.1, 0.15) is 0 Å². The van der Waals surface area contributed by atoms with Crippen LogP contribution in [-0.4, -0.2) is 28.1 Å². The number of rotatable bonds is 8. The molecule has 168 valence electrons. The van der Waals surface area contributed by atoms with E-state index < -0.39 is 5.97 Å². The molecule has 0 aliphatic rings. The van der Waals surface area contributed by atoms with Gasteiger partial charge in [-0.2, -0.15) is 0 Å². The molecule has 1 aromatic heterocycles. The number of carboxylic acids is 1. The largest absolute Gasteiger partial charge is 0.478 e. The number of aromatic carboxylic acids is 1. The second-order valence-corrected chi connectivity index (χ2v) is 8.57. The van der Waals surface area contributed by atoms with Gasteiger partial charge in [0.2, 0.25) is 5.91 Å². The van der Waals surface area contributed by atoms with Crippen molar-refractivity contribution in [2.45, 2.75) is 32.6 Å². The average Bonchev–Trinajstić information content (AvgIpc) is 3.18. The molecule has 4 aromatic rings. The van der Waals surface area contributed by atoms with Crippen molar-refractivity contribution in [1.82, 2.24) is 9.88 Å². The maximum atomic E-state index is 12.5. The van der Waals surface area contributed by atoms with Crippen LogP contribution in [0.25, 0.3) is 16.6 Å². The minimum atomic E-state index is -0.952. The summed E-state index contributed by atoms with van der Waals surface area (Å²) in [7, 11) is 0. The lowest BCUT2D eigenvalue weighted by Crippen LogP contribution is -2.27. The van der Waals surface area contributed by atoms with Crippen LogP contribution in [0.5, 0.6) is 0 Å². The Hall–Kier alpha value is -3.86. The van der Waals surface area contributed by atoms with Gasteiger partial charge in [0, 0.05) is 23.8 Å². The Balaban J connectivity index is 1.49. The fourth-order valence-electron chi connectivity index (χ4n) is 4.04. The SMILES string of the molecule is CC(C)c1ccc(CC(=O)NCCc2cn(-c3ccccc3)c3ccc(C(=O)O)cc23)cc1. The van der Waals surface area contributed by atoms with E-state index in [2.05, 4.69) is 35.9 Å². The van der Waals surface area contributed by atoms with Crippen LogP contribution in [-0.2, 0) is 17.6 Å². The quantitative estimate of drug-likeness (QED) is 0.388. The van der Waals surface area contributed by atoms with Crippen molar-refractivity contribution in [2.24, 2.45) is 0 Å². The van der Waals surface area contributed by atoms with E-state index >= 15 is 0 Å². The van der Waals surface area contributed by atoms with E-state index in [4.69, 9.17) is 0 Å². The second kappa shape index (κ2) is 9.74. The minimum absolute atomic E-state index is 0.0229. The van der Waals surface area contributed by atoms with E-state index in [1.807, 2.05) is 54.7 Å². The molecule has 0 spiro atoms. The van der Waals surface area contributed by atoms with Crippen LogP contribution in [0.4, 0.5) is 0 Å². The van der Waals surface area contributed by atoms with Gasteiger partial charge in [0.25, 0.3) is 0 Å². The van der Waals surface area contributed by atoms with Crippen LogP contribution < -0.4 is 5.32 Å². The first-order chi connectivity index (χ1) is 15.9. The third-order valence-electron chi connectivity index (χ3n) is 5.90. The van der Waals surface area contributed by atoms with Gasteiger partial charge in [-0.25, -0.2) is 4.79 Å². The predicted molar refractivity (Wildman–Crippen MR) is 131 cm³/mol. The van der Waals surface area contributed by atoms with Gasteiger partial charge in [-0.1, -0.05) is 56.3 Å². The van der Waals surface area contributed by atoms with E-state index in [1.165, 1.54) is 5.56 Å². The molecular weight excluding hydrogens is 412 g/mol. The van der Waals surface area contributed by atoms with E-state index in [-0.39, 0.29) is 11.5 Å². The molecule has 0 radical (unpaired) electrons. The van der Waals surface area contributed by atoms with Crippen molar-refractivity contribution in [3.05, 3.63) is 101 Å². The van der Waals surface area contributed by atoms with Crippen molar-refractivity contribution in [2.75, 3.05) is 6.54 Å². The number of carboxylic acid groups (broad SMARTS) is 1. The standard InChI is InChI=1S/C28H28N2O3/c1-19(2)21-10-8-20(9-11-21)16-27(31)29-15-14-23-18-30(24-6-4-3-5-7-24)26-13-12-22(28(32)33)17-25(23)26/h3-13,17-19H,14-16H2,1-2H3,(H,29,31)(H,32,33). The van der Waals surface area contributed by atoms with E-state index in [0.29, 0.717) is 25.3 Å². The van der Waals surface area contributed by atoms with Gasteiger partial charge in [-0.05, 0) is 59.4 Å². The first kappa shape index (κ1) is 22.3. The molecule has 1 heterocycles. The van der Waals surface area contributed by atoms with Crippen LogP contribution in [0.2, 0.25) is 0 Å². The topological polar surface area (TPSA) is 71.3 Å². The summed E-state index contributed by atoms with van der Waals surface area (Å²) >= 11 is 0. The fraction of sp³-hybridized carbons (Fsp3) is 0.214. The first-order valence-corrected chi connectivity index (χ1v) is 11.2. The molecule has 0 fully saturated rings. The third kappa shape index (κ3) is 5.14. The molecule has 0 aliphatic carbocycles. The lowest BCUT2D eigenvalue weighted by Gasteiger charge is -2.08. The molecule has 33 heavy (non-hydrogen) atoms. The Kier molecular flexibility index (Phi) is 6.59. The maximum Gasteiger partial charge on any atom is 0.335 e. The zero-order valence-corrected chi connectivity index (χ0v) is 18.9. The molecule has 0 bridgehead atoms. The monoisotopic (exact) mass is 440 g/mol. The highest BCUT2D eigenvalue weighted by molar-refractivity contribution is 5.95. The lowest BCUT2D eigenvalue weighted by molar-refractivity contribution is -0.120. The molecule has 5 heteroatoms. The summed E-state index contributed by atoms with van der Waals surface area (Å²) in [4.78, 5) is 24.0. The first-order valence-electron chi connectivity index (χ1n) is 11.2. The number of para-hydroxylation sites is 1. The smallest absolute Gasteiger partial charge is 0.335 e. The number of nitrogens with zero attached hydrogens (tertiary/aromatic N) is 1. The van der Waals surface area contributed by atoms with Crippen LogP contribution in [0.15, 0.2) is 79.0 Å². The number of benzene rings is 3. The van der Waals surface area contributed by atoms with Crippen LogP contribution in [0.1, 0.15) is 46.8 Å². The van der Waals surface area contributed by atoms with E-state index in [1.54, 1.807) is 12.1 Å². The number of fused-ring (bicyclic) bond motifs is 1. The summed E-state index contributed by atoms with van der Waals surface area (Å²) in [5.41, 5.74) is 5.45. The lowest BCUT2D eigenvalue weighted by atomic mass is 10.0. The van der Waals surface area contributed by atoms with Crippen LogP contribution >= 0.6 is 0 Å². The summed E-state index contributed by atoms with van der Waals surface area (Å²) in [6.07, 6.45) is 2.98. The maximum absolute atomic E-state index is 12.5. The van der Waals surface area contributed by atoms with Crippen LogP contribution in [0, 0.1) is 0 Å². The molecule has 0 atom stereocenters. The summed E-state index contributed by atoms with van der Waals surface area (Å²) in [5, 5.41) is 13.3. The Morgan fingerprint density at radius 3 is 2.36 bits per heavy atom. The van der Waals surface area contributed by atoms with E-state index in [0.717, 1.165) is 27.7 Å². The normalized spacial score (nSPS) is 11.1. The van der Waals surface area contributed by atoms with Gasteiger partial charge in [-0.3, -0.25) is 4.79 Å². The highest BCUT2D eigenvalue weighted by atomic mass is 16.4. The molecule has 1 amide bonds. The number of hydrogen-bond donors (Lipinski definition) is 2. The number of aromatic nitrogens is 1. The summed E-state index contributed by atoms with van der Waals surface area (Å²) in [5.74, 6) is -0.509. The molecule has 5 nitrogen and oxygen atoms in total. The van der Waals surface area contributed by atoms with E-state index in [9.17, 15) is 14.7 Å². The van der Waals surface area contributed by atoms with Crippen molar-refractivity contribution in [3.63, 3.8) is 0 Å². The van der Waals surface area contributed by atoms with Gasteiger partial charge in [0.05, 0.1) is 17.5 Å². The predicted octanol–water partition coefficient (Wildman–Crippen LogP) is 5.35. The Morgan fingerprint density at radius 1 is 0.970 bits per heavy atom. The molecule has 4 rings (SSSR count). The van der Waals surface area contributed by atoms with Gasteiger partial charge >= 0.3 is 5.97 Å². The Bertz CT molecular complexity index is 1270. The molecule has 0 saturated heterocycles. The summed E-state index contributed by atoms with van der Waals surface area (Å²) < 4.78 is 2.06. The number of amides is 1. The van der Waals surface area contributed by atoms with Gasteiger partial charge in [0.15, 0.2) is 0 Å². The average molecular weight is 441 g/mol. The zero-order valence-electron chi connectivity index (χ0n) is 18.9. The zero-order chi connectivity index (χ0) is 23.4. The summed E-state index contributed by atoms with van der Waals surface area (Å²) in [6, 6.07) is 23.3. The Morgan fingerprint density at radius 2 is 1.70 bits per heavy atom. The van der Waals surface area contributed by atoms with Crippen LogP contribution in [0.3, 0.4) is 0 Å². The molecule has 2 N–H and O–H groups in total. The fourth-order valence-corrected chi connectivity index (χ4v) is 4.04. The van der Waals surface area contributed by atoms with Gasteiger partial charge < -0.3 is 15.0 Å². The highest BCUT2D eigenvalue weighted by Crippen LogP contribution is 2.26. The van der Waals surface area contributed by atoms with Gasteiger partial charge in [-0.15, -0.1) is 0 Å². The molecular formula is C28H28N2O3. The number of carbonyl (C=O) groups is 2. The minimum Gasteiger partial charge on any atom is -0.478 e. The Labute approximate surface area is 193 Å². The molecule has 0 saturated carbocycles. The number of carbonyl (C=O) groups excluding carboxylic acids is 1. The molecule has 0 aliphatic heterocycles. The number of hydrogen-bond acceptors (Lipinski definition) is 2. The molecule has 0 unspecified atom stereocenters. The van der Waals surface area contributed by atoms with Crippen molar-refractivity contribution >= 4 is 22.8 Å².